The summed E-state index contributed by atoms with van der Waals surface area (Å²) < 4.78 is 1.46. The number of aliphatic hydroxyl groups is 1. The van der Waals surface area contributed by atoms with E-state index in [-0.39, 0.29) is 18.3 Å². The minimum atomic E-state index is -0.130. The van der Waals surface area contributed by atoms with E-state index in [1.165, 1.54) is 16.4 Å². The van der Waals surface area contributed by atoms with E-state index < -0.39 is 0 Å². The predicted molar refractivity (Wildman–Crippen MR) is 70.7 cm³/mol. The molecule has 0 unspecified atom stereocenters. The molecule has 1 heterocycles. The van der Waals surface area contributed by atoms with Crippen molar-refractivity contribution >= 4 is 23.4 Å². The Balaban J connectivity index is 1.85. The first-order chi connectivity index (χ1) is 9.29. The van der Waals surface area contributed by atoms with Crippen LogP contribution in [0, 0.1) is 0 Å². The average molecular weight is 279 g/mol. The molecule has 0 atom stereocenters. The minimum absolute atomic E-state index is 0.0468. The molecular formula is C11H13N5O2S. The van der Waals surface area contributed by atoms with Crippen LogP contribution in [0.15, 0.2) is 35.5 Å². The number of hydrogen-bond acceptors (Lipinski definition) is 6. The zero-order valence-corrected chi connectivity index (χ0v) is 10.9. The zero-order valence-electron chi connectivity index (χ0n) is 10.1. The average Bonchev–Trinajstić information content (AvgIpc) is 2.85. The van der Waals surface area contributed by atoms with Crippen LogP contribution in [-0.2, 0) is 11.3 Å². The second-order valence-corrected chi connectivity index (χ2v) is 4.55. The zero-order chi connectivity index (χ0) is 13.5. The monoisotopic (exact) mass is 279 g/mol. The van der Waals surface area contributed by atoms with Crippen molar-refractivity contribution in [3.63, 3.8) is 0 Å². The molecule has 0 fully saturated rings. The van der Waals surface area contributed by atoms with Gasteiger partial charge < -0.3 is 10.4 Å². The summed E-state index contributed by atoms with van der Waals surface area (Å²) in [6.45, 7) is 0.268. The number of amides is 1. The normalized spacial score (nSPS) is 10.4. The topological polar surface area (TPSA) is 92.9 Å². The third-order valence-electron chi connectivity index (χ3n) is 2.20. The van der Waals surface area contributed by atoms with Crippen LogP contribution in [0.4, 0.5) is 5.69 Å². The maximum atomic E-state index is 11.7. The first kappa shape index (κ1) is 13.5. The molecule has 0 radical (unpaired) electrons. The van der Waals surface area contributed by atoms with Crippen LogP contribution in [0.3, 0.4) is 0 Å². The van der Waals surface area contributed by atoms with E-state index >= 15 is 0 Å². The largest absolute Gasteiger partial charge is 0.394 e. The van der Waals surface area contributed by atoms with Crippen LogP contribution < -0.4 is 5.32 Å². The lowest BCUT2D eigenvalue weighted by molar-refractivity contribution is -0.113. The fourth-order valence-corrected chi connectivity index (χ4v) is 2.09. The van der Waals surface area contributed by atoms with E-state index in [0.717, 1.165) is 5.69 Å². The summed E-state index contributed by atoms with van der Waals surface area (Å²) in [5.41, 5.74) is 0.753. The van der Waals surface area contributed by atoms with Gasteiger partial charge in [-0.15, -0.1) is 5.10 Å². The van der Waals surface area contributed by atoms with Gasteiger partial charge in [0.1, 0.15) is 0 Å². The Kier molecular flexibility index (Phi) is 4.87. The van der Waals surface area contributed by atoms with Crippen LogP contribution >= 0.6 is 11.8 Å². The van der Waals surface area contributed by atoms with E-state index in [1.54, 1.807) is 0 Å². The molecule has 0 saturated carbocycles. The molecule has 0 aliphatic carbocycles. The lowest BCUT2D eigenvalue weighted by Gasteiger charge is -2.04. The molecule has 2 aromatic rings. The number of anilines is 1. The molecule has 0 spiro atoms. The third kappa shape index (κ3) is 4.04. The van der Waals surface area contributed by atoms with E-state index in [9.17, 15) is 4.79 Å². The van der Waals surface area contributed by atoms with Crippen molar-refractivity contribution in [3.8, 4) is 0 Å². The SMILES string of the molecule is O=C(CSc1nnnn1CCO)Nc1ccccc1. The Morgan fingerprint density at radius 2 is 2.16 bits per heavy atom. The highest BCUT2D eigenvalue weighted by Crippen LogP contribution is 2.14. The Morgan fingerprint density at radius 1 is 1.37 bits per heavy atom. The van der Waals surface area contributed by atoms with Crippen molar-refractivity contribution in [2.24, 2.45) is 0 Å². The number of thioether (sulfide) groups is 1. The van der Waals surface area contributed by atoms with Gasteiger partial charge in [0.25, 0.3) is 0 Å². The molecular weight excluding hydrogens is 266 g/mol. The predicted octanol–water partition coefficient (Wildman–Crippen LogP) is 0.396. The lowest BCUT2D eigenvalue weighted by atomic mass is 10.3. The van der Waals surface area contributed by atoms with Gasteiger partial charge in [-0.05, 0) is 22.6 Å². The number of nitrogens with zero attached hydrogens (tertiary/aromatic N) is 4. The maximum absolute atomic E-state index is 11.7. The molecule has 2 N–H and O–H groups in total. The van der Waals surface area contributed by atoms with Crippen molar-refractivity contribution in [2.75, 3.05) is 17.7 Å². The smallest absolute Gasteiger partial charge is 0.234 e. The van der Waals surface area contributed by atoms with Crippen molar-refractivity contribution in [2.45, 2.75) is 11.7 Å². The molecule has 8 heteroatoms. The molecule has 0 aliphatic heterocycles. The van der Waals surface area contributed by atoms with Crippen LogP contribution in [0.5, 0.6) is 0 Å². The summed E-state index contributed by atoms with van der Waals surface area (Å²) in [6.07, 6.45) is 0. The fourth-order valence-electron chi connectivity index (χ4n) is 1.38. The van der Waals surface area contributed by atoms with Gasteiger partial charge in [0, 0.05) is 5.69 Å². The Hall–Kier alpha value is -1.93. The Bertz CT molecular complexity index is 531. The van der Waals surface area contributed by atoms with E-state index in [1.807, 2.05) is 30.3 Å². The maximum Gasteiger partial charge on any atom is 0.234 e. The number of aromatic nitrogens is 4. The summed E-state index contributed by atoms with van der Waals surface area (Å²) in [5.74, 6) is 0.0792. The molecule has 1 amide bonds. The first-order valence-electron chi connectivity index (χ1n) is 5.64. The van der Waals surface area contributed by atoms with E-state index in [2.05, 4.69) is 20.8 Å². The Labute approximate surface area is 114 Å². The van der Waals surface area contributed by atoms with Gasteiger partial charge in [0.15, 0.2) is 0 Å². The number of hydrogen-bond donors (Lipinski definition) is 2. The molecule has 0 saturated heterocycles. The van der Waals surface area contributed by atoms with Gasteiger partial charge in [0.2, 0.25) is 11.1 Å². The van der Waals surface area contributed by atoms with Crippen molar-refractivity contribution in [1.29, 1.82) is 0 Å². The summed E-state index contributed by atoms with van der Waals surface area (Å²) in [7, 11) is 0. The van der Waals surface area contributed by atoms with Gasteiger partial charge in [-0.1, -0.05) is 30.0 Å². The van der Waals surface area contributed by atoms with Gasteiger partial charge >= 0.3 is 0 Å². The van der Waals surface area contributed by atoms with E-state index in [4.69, 9.17) is 5.11 Å². The summed E-state index contributed by atoms with van der Waals surface area (Å²) in [5, 5.41) is 23.1. The first-order valence-corrected chi connectivity index (χ1v) is 6.63. The molecule has 2 rings (SSSR count). The lowest BCUT2D eigenvalue weighted by Crippen LogP contribution is -2.15. The number of nitrogens with one attached hydrogen (secondary N) is 1. The van der Waals surface area contributed by atoms with Gasteiger partial charge in [0.05, 0.1) is 18.9 Å². The van der Waals surface area contributed by atoms with Gasteiger partial charge in [-0.2, -0.15) is 0 Å². The van der Waals surface area contributed by atoms with Crippen molar-refractivity contribution < 1.29 is 9.90 Å². The number of tetrazole rings is 1. The number of para-hydroxylation sites is 1. The fraction of sp³-hybridized carbons (Fsp3) is 0.273. The second-order valence-electron chi connectivity index (χ2n) is 3.61. The summed E-state index contributed by atoms with van der Waals surface area (Å²) in [6, 6.07) is 9.22. The molecule has 19 heavy (non-hydrogen) atoms. The highest BCUT2D eigenvalue weighted by atomic mass is 32.2. The minimum Gasteiger partial charge on any atom is -0.394 e. The van der Waals surface area contributed by atoms with Crippen molar-refractivity contribution in [3.05, 3.63) is 30.3 Å². The van der Waals surface area contributed by atoms with Crippen LogP contribution in [0.1, 0.15) is 0 Å². The van der Waals surface area contributed by atoms with E-state index in [0.29, 0.717) is 11.7 Å². The summed E-state index contributed by atoms with van der Waals surface area (Å²) in [4.78, 5) is 11.7. The number of aliphatic hydroxyl groups excluding tert-OH is 1. The molecule has 0 aliphatic rings. The number of carbonyl (C=O) groups is 1. The quantitative estimate of drug-likeness (QED) is 0.743. The molecule has 1 aromatic heterocycles. The second kappa shape index (κ2) is 6.86. The number of carbonyl (C=O) groups excluding carboxylic acids is 1. The highest BCUT2D eigenvalue weighted by Gasteiger charge is 2.09. The number of benzene rings is 1. The standard InChI is InChI=1S/C11H13N5O2S/c17-7-6-16-11(13-14-15-16)19-8-10(18)12-9-4-2-1-3-5-9/h1-5,17H,6-8H2,(H,12,18). The third-order valence-corrected chi connectivity index (χ3v) is 3.16. The number of rotatable bonds is 6. The molecule has 1 aromatic carbocycles. The summed E-state index contributed by atoms with van der Waals surface area (Å²) >= 11 is 1.22. The molecule has 0 bridgehead atoms. The van der Waals surface area contributed by atoms with Gasteiger partial charge in [-0.3, -0.25) is 4.79 Å². The molecule has 100 valence electrons. The van der Waals surface area contributed by atoms with Crippen LogP contribution in [-0.4, -0.2) is 43.6 Å². The van der Waals surface area contributed by atoms with Gasteiger partial charge in [-0.25, -0.2) is 4.68 Å². The molecule has 7 nitrogen and oxygen atoms in total. The van der Waals surface area contributed by atoms with Crippen LogP contribution in [0.2, 0.25) is 0 Å². The highest BCUT2D eigenvalue weighted by molar-refractivity contribution is 7.99. The van der Waals surface area contributed by atoms with Crippen LogP contribution in [0.25, 0.3) is 0 Å². The Morgan fingerprint density at radius 3 is 2.89 bits per heavy atom. The van der Waals surface area contributed by atoms with Crippen molar-refractivity contribution in [1.82, 2.24) is 20.2 Å².